The summed E-state index contributed by atoms with van der Waals surface area (Å²) in [6, 6.07) is 8.46. The van der Waals surface area contributed by atoms with Crippen LogP contribution < -0.4 is 10.1 Å². The molecule has 0 aliphatic carbocycles. The zero-order chi connectivity index (χ0) is 26.6. The van der Waals surface area contributed by atoms with Gasteiger partial charge >= 0.3 is 5.97 Å². The monoisotopic (exact) mass is 507 g/mol. The standard InChI is InChI=1S/C29H41N5O3/c1-5-27-20-34(19-25-16-32-13-12-28(25)37-27)18-24-14-22(9-8-21(24)4)23(15-29(35)36-7-3)10-11-26(33-30)17-31-6-2/h8-9,12-14,16-17,23,27,30-31H,5-7,10-11,15,18-20H2,1-4H3/b26-17-,33-30?/t23?,27-/m1/s1. The Kier molecular flexibility index (Phi) is 11.1. The van der Waals surface area contributed by atoms with Gasteiger partial charge in [0.15, 0.2) is 0 Å². The first-order valence-corrected chi connectivity index (χ1v) is 13.3. The predicted molar refractivity (Wildman–Crippen MR) is 144 cm³/mol. The minimum absolute atomic E-state index is 0.0223. The number of allylic oxidation sites excluding steroid dienone is 1. The van der Waals surface area contributed by atoms with Crippen molar-refractivity contribution in [3.63, 3.8) is 0 Å². The lowest BCUT2D eigenvalue weighted by Gasteiger charge is -2.25. The Bertz CT molecular complexity index is 1070. The van der Waals surface area contributed by atoms with Crippen molar-refractivity contribution in [2.75, 3.05) is 19.7 Å². The van der Waals surface area contributed by atoms with Crippen LogP contribution in [0.25, 0.3) is 0 Å². The third-order valence-electron chi connectivity index (χ3n) is 6.79. The lowest BCUT2D eigenvalue weighted by molar-refractivity contribution is -0.143. The third-order valence-corrected chi connectivity index (χ3v) is 6.79. The van der Waals surface area contributed by atoms with Gasteiger partial charge in [-0.3, -0.25) is 14.7 Å². The molecule has 1 unspecified atom stereocenters. The van der Waals surface area contributed by atoms with Gasteiger partial charge in [-0.1, -0.05) is 25.1 Å². The molecule has 1 aromatic carbocycles. The van der Waals surface area contributed by atoms with Gasteiger partial charge < -0.3 is 14.8 Å². The first-order chi connectivity index (χ1) is 18.0. The fourth-order valence-electron chi connectivity index (χ4n) is 4.66. The van der Waals surface area contributed by atoms with Crippen LogP contribution in [0.3, 0.4) is 0 Å². The number of fused-ring (bicyclic) bond motifs is 1. The van der Waals surface area contributed by atoms with Crippen molar-refractivity contribution in [3.8, 4) is 5.75 Å². The highest BCUT2D eigenvalue weighted by Crippen LogP contribution is 2.31. The number of carbonyl (C=O) groups excluding carboxylic acids is 1. The first-order valence-electron chi connectivity index (χ1n) is 13.3. The van der Waals surface area contributed by atoms with Crippen LogP contribution in [0, 0.1) is 12.5 Å². The molecule has 2 heterocycles. The molecule has 2 atom stereocenters. The smallest absolute Gasteiger partial charge is 0.306 e. The van der Waals surface area contributed by atoms with Crippen LogP contribution in [0.5, 0.6) is 5.75 Å². The molecule has 1 aliphatic heterocycles. The Hall–Kier alpha value is -3.26. The van der Waals surface area contributed by atoms with E-state index in [4.69, 9.17) is 15.0 Å². The second-order valence-corrected chi connectivity index (χ2v) is 9.54. The number of nitrogens with one attached hydrogen (secondary N) is 2. The number of aromatic nitrogens is 1. The number of pyridine rings is 1. The number of nitrogens with zero attached hydrogens (tertiary/aromatic N) is 3. The SMILES string of the molecule is CCN/C=C(/CCC(CC(=O)OCC)c1ccc(C)c(CN2Cc3cnccc3O[C@H](CC)C2)c1)N=N. The summed E-state index contributed by atoms with van der Waals surface area (Å²) < 4.78 is 11.5. The summed E-state index contributed by atoms with van der Waals surface area (Å²) in [5, 5.41) is 6.79. The number of aryl methyl sites for hydroxylation is 1. The molecule has 1 aromatic heterocycles. The fourth-order valence-corrected chi connectivity index (χ4v) is 4.66. The van der Waals surface area contributed by atoms with Crippen LogP contribution in [0.4, 0.5) is 0 Å². The van der Waals surface area contributed by atoms with Crippen molar-refractivity contribution in [3.05, 3.63) is 70.8 Å². The van der Waals surface area contributed by atoms with E-state index in [1.807, 2.05) is 26.1 Å². The molecule has 0 radical (unpaired) electrons. The van der Waals surface area contributed by atoms with E-state index in [9.17, 15) is 4.79 Å². The topological polar surface area (TPSA) is 99.9 Å². The molecule has 2 aromatic rings. The molecule has 8 heteroatoms. The molecule has 3 rings (SSSR count). The Morgan fingerprint density at radius 3 is 2.92 bits per heavy atom. The predicted octanol–water partition coefficient (Wildman–Crippen LogP) is 5.86. The Labute approximate surface area is 221 Å². The molecule has 200 valence electrons. The Balaban J connectivity index is 1.83. The number of carbonyl (C=O) groups is 1. The lowest BCUT2D eigenvalue weighted by Crippen LogP contribution is -2.32. The molecular weight excluding hydrogens is 466 g/mol. The van der Waals surface area contributed by atoms with Gasteiger partial charge in [0, 0.05) is 50.3 Å². The van der Waals surface area contributed by atoms with Crippen molar-refractivity contribution in [2.24, 2.45) is 5.11 Å². The number of benzene rings is 1. The van der Waals surface area contributed by atoms with Gasteiger partial charge in [0.2, 0.25) is 0 Å². The molecule has 0 fully saturated rings. The largest absolute Gasteiger partial charge is 0.489 e. The second kappa shape index (κ2) is 14.5. The van der Waals surface area contributed by atoms with Crippen molar-refractivity contribution >= 4 is 5.97 Å². The highest BCUT2D eigenvalue weighted by atomic mass is 16.5. The minimum atomic E-state index is -0.200. The Morgan fingerprint density at radius 2 is 2.19 bits per heavy atom. The maximum absolute atomic E-state index is 12.5. The van der Waals surface area contributed by atoms with Crippen LogP contribution in [-0.2, 0) is 22.6 Å². The molecule has 0 amide bonds. The number of hydrogen-bond acceptors (Lipinski definition) is 8. The van der Waals surface area contributed by atoms with Crippen molar-refractivity contribution < 1.29 is 14.3 Å². The third kappa shape index (κ3) is 8.39. The van der Waals surface area contributed by atoms with Gasteiger partial charge in [-0.15, -0.1) is 0 Å². The molecule has 2 N–H and O–H groups in total. The van der Waals surface area contributed by atoms with Gasteiger partial charge in [0.1, 0.15) is 11.9 Å². The number of hydrogen-bond donors (Lipinski definition) is 2. The number of rotatable bonds is 13. The molecule has 37 heavy (non-hydrogen) atoms. The van der Waals surface area contributed by atoms with Crippen molar-refractivity contribution in [1.29, 1.82) is 5.53 Å². The van der Waals surface area contributed by atoms with Crippen molar-refractivity contribution in [1.82, 2.24) is 15.2 Å². The van der Waals surface area contributed by atoms with Crippen LogP contribution in [0.15, 0.2) is 53.7 Å². The van der Waals surface area contributed by atoms with Gasteiger partial charge in [-0.2, -0.15) is 5.11 Å². The summed E-state index contributed by atoms with van der Waals surface area (Å²) in [5.74, 6) is 0.700. The summed E-state index contributed by atoms with van der Waals surface area (Å²) in [5.41, 5.74) is 12.9. The van der Waals surface area contributed by atoms with Crippen LogP contribution in [-0.4, -0.2) is 41.7 Å². The molecule has 8 nitrogen and oxygen atoms in total. The number of esters is 1. The van der Waals surface area contributed by atoms with Gasteiger partial charge in [-0.25, -0.2) is 5.53 Å². The van der Waals surface area contributed by atoms with E-state index < -0.39 is 0 Å². The highest BCUT2D eigenvalue weighted by Gasteiger charge is 2.24. The fraction of sp³-hybridized carbons (Fsp3) is 0.517. The number of ether oxygens (including phenoxy) is 2. The summed E-state index contributed by atoms with van der Waals surface area (Å²) in [7, 11) is 0. The summed E-state index contributed by atoms with van der Waals surface area (Å²) in [6.45, 7) is 11.7. The van der Waals surface area contributed by atoms with Crippen LogP contribution in [0.2, 0.25) is 0 Å². The molecule has 0 saturated heterocycles. The molecular formula is C29H41N5O3. The van der Waals surface area contributed by atoms with E-state index in [0.717, 1.165) is 49.5 Å². The second-order valence-electron chi connectivity index (χ2n) is 9.54. The molecule has 1 aliphatic rings. The minimum Gasteiger partial charge on any atom is -0.489 e. The van der Waals surface area contributed by atoms with E-state index in [-0.39, 0.29) is 18.0 Å². The quantitative estimate of drug-likeness (QED) is 0.260. The van der Waals surface area contributed by atoms with E-state index >= 15 is 0 Å². The average Bonchev–Trinajstić information content (AvgIpc) is 3.08. The van der Waals surface area contributed by atoms with Gasteiger partial charge in [0.25, 0.3) is 0 Å². The van der Waals surface area contributed by atoms with Crippen LogP contribution in [0.1, 0.15) is 74.6 Å². The molecule has 0 saturated carbocycles. The average molecular weight is 508 g/mol. The maximum Gasteiger partial charge on any atom is 0.306 e. The van der Waals surface area contributed by atoms with E-state index in [1.54, 1.807) is 12.4 Å². The maximum atomic E-state index is 12.5. The summed E-state index contributed by atoms with van der Waals surface area (Å²) in [4.78, 5) is 19.2. The zero-order valence-corrected chi connectivity index (χ0v) is 22.6. The lowest BCUT2D eigenvalue weighted by atomic mass is 9.88. The molecule has 0 spiro atoms. The van der Waals surface area contributed by atoms with Crippen LogP contribution >= 0.6 is 0 Å². The summed E-state index contributed by atoms with van der Waals surface area (Å²) in [6.07, 6.45) is 8.14. The van der Waals surface area contributed by atoms with E-state index in [0.29, 0.717) is 31.6 Å². The van der Waals surface area contributed by atoms with E-state index in [1.165, 1.54) is 11.1 Å². The molecule has 0 bridgehead atoms. The zero-order valence-electron chi connectivity index (χ0n) is 22.6. The summed E-state index contributed by atoms with van der Waals surface area (Å²) >= 11 is 0. The Morgan fingerprint density at radius 1 is 1.35 bits per heavy atom. The van der Waals surface area contributed by atoms with E-state index in [2.05, 4.69) is 52.4 Å². The van der Waals surface area contributed by atoms with Gasteiger partial charge in [0.05, 0.1) is 18.7 Å². The first kappa shape index (κ1) is 28.3. The normalized spacial score (nSPS) is 16.8. The highest BCUT2D eigenvalue weighted by molar-refractivity contribution is 5.70. The van der Waals surface area contributed by atoms with Gasteiger partial charge in [-0.05, 0) is 68.7 Å². The van der Waals surface area contributed by atoms with Crippen molar-refractivity contribution in [2.45, 2.75) is 78.5 Å².